The maximum Gasteiger partial charge on any atom is 0.330 e. The van der Waals surface area contributed by atoms with E-state index in [-0.39, 0.29) is 36.7 Å². The van der Waals surface area contributed by atoms with E-state index < -0.39 is 11.6 Å². The van der Waals surface area contributed by atoms with Gasteiger partial charge in [0.1, 0.15) is 11.7 Å². The maximum atomic E-state index is 12.2. The van der Waals surface area contributed by atoms with Gasteiger partial charge in [-0.15, -0.1) is 0 Å². The Bertz CT molecular complexity index is 588. The van der Waals surface area contributed by atoms with E-state index in [1.165, 1.54) is 13.2 Å². The molecule has 3 atom stereocenters. The van der Waals surface area contributed by atoms with Gasteiger partial charge in [0.05, 0.1) is 25.7 Å². The topological polar surface area (TPSA) is 88.1 Å². The van der Waals surface area contributed by atoms with Gasteiger partial charge < -0.3 is 18.9 Å². The number of methoxy groups -OCH3 is 1. The first-order valence-electron chi connectivity index (χ1n) is 9.49. The Morgan fingerprint density at radius 1 is 1.19 bits per heavy atom. The normalized spacial score (nSPS) is 27.8. The van der Waals surface area contributed by atoms with Crippen LogP contribution in [0.5, 0.6) is 0 Å². The van der Waals surface area contributed by atoms with Gasteiger partial charge in [0.2, 0.25) is 0 Å². The molecule has 2 rings (SSSR count). The molecule has 0 N–H and O–H groups in total. The molecule has 2 heterocycles. The molecule has 0 unspecified atom stereocenters. The van der Waals surface area contributed by atoms with Crippen molar-refractivity contribution in [3.8, 4) is 0 Å². The van der Waals surface area contributed by atoms with Gasteiger partial charge in [-0.3, -0.25) is 9.59 Å². The molecule has 2 fully saturated rings. The molecule has 0 amide bonds. The monoisotopic (exact) mass is 382 g/mol. The van der Waals surface area contributed by atoms with Gasteiger partial charge >= 0.3 is 17.9 Å². The summed E-state index contributed by atoms with van der Waals surface area (Å²) >= 11 is 0. The van der Waals surface area contributed by atoms with Crippen LogP contribution in [0.25, 0.3) is 0 Å². The number of ether oxygens (including phenoxy) is 4. The van der Waals surface area contributed by atoms with Crippen LogP contribution in [0.15, 0.2) is 11.6 Å². The highest BCUT2D eigenvalue weighted by Crippen LogP contribution is 2.31. The molecular formula is C20H30O7. The lowest BCUT2D eigenvalue weighted by Crippen LogP contribution is -2.36. The standard InChI is InChI=1S/C20H30O7/c1-20(2,3)27-19(23)12-16-9-13(10-18(22)24-4)8-15(25-16)11-14-6-5-7-17(21)26-14/h10,14-16H,5-9,11-12H2,1-4H3/b13-10-/t14-,15+,16-/m1/s1. The minimum Gasteiger partial charge on any atom is -0.466 e. The molecule has 0 saturated carbocycles. The number of esters is 3. The molecule has 7 heteroatoms. The summed E-state index contributed by atoms with van der Waals surface area (Å²) in [5.74, 6) is -0.946. The van der Waals surface area contributed by atoms with Crippen LogP contribution in [0.1, 0.15) is 65.7 Å². The van der Waals surface area contributed by atoms with E-state index in [0.717, 1.165) is 18.4 Å². The predicted octanol–water partition coefficient (Wildman–Crippen LogP) is 2.85. The third-order valence-corrected chi connectivity index (χ3v) is 4.43. The highest BCUT2D eigenvalue weighted by molar-refractivity contribution is 5.82. The summed E-state index contributed by atoms with van der Waals surface area (Å²) in [6.45, 7) is 5.44. The molecule has 0 aromatic carbocycles. The third kappa shape index (κ3) is 7.71. The molecule has 27 heavy (non-hydrogen) atoms. The Morgan fingerprint density at radius 2 is 1.89 bits per heavy atom. The molecule has 0 aromatic rings. The van der Waals surface area contributed by atoms with Crippen molar-refractivity contribution in [2.24, 2.45) is 0 Å². The van der Waals surface area contributed by atoms with Crippen molar-refractivity contribution in [2.75, 3.05) is 7.11 Å². The molecule has 152 valence electrons. The second-order valence-electron chi connectivity index (χ2n) is 8.14. The van der Waals surface area contributed by atoms with E-state index in [1.54, 1.807) is 0 Å². The Hall–Kier alpha value is -1.89. The van der Waals surface area contributed by atoms with Crippen molar-refractivity contribution in [2.45, 2.75) is 89.6 Å². The minimum absolute atomic E-state index is 0.108. The lowest BCUT2D eigenvalue weighted by atomic mass is 9.91. The lowest BCUT2D eigenvalue weighted by molar-refractivity contribution is -0.161. The zero-order valence-electron chi connectivity index (χ0n) is 16.6. The van der Waals surface area contributed by atoms with Crippen molar-refractivity contribution in [3.63, 3.8) is 0 Å². The summed E-state index contributed by atoms with van der Waals surface area (Å²) in [6.07, 6.45) is 4.42. The number of carbonyl (C=O) groups is 3. The molecular weight excluding hydrogens is 352 g/mol. The van der Waals surface area contributed by atoms with Crippen LogP contribution in [0.2, 0.25) is 0 Å². The minimum atomic E-state index is -0.563. The number of cyclic esters (lactones) is 1. The zero-order chi connectivity index (χ0) is 20.0. The van der Waals surface area contributed by atoms with E-state index in [9.17, 15) is 14.4 Å². The van der Waals surface area contributed by atoms with Gasteiger partial charge in [0.15, 0.2) is 0 Å². The van der Waals surface area contributed by atoms with Crippen molar-refractivity contribution in [3.05, 3.63) is 11.6 Å². The van der Waals surface area contributed by atoms with E-state index in [4.69, 9.17) is 18.9 Å². The average molecular weight is 382 g/mol. The summed E-state index contributed by atoms with van der Waals surface area (Å²) < 4.78 is 21.6. The quantitative estimate of drug-likeness (QED) is 0.410. The van der Waals surface area contributed by atoms with Crippen molar-refractivity contribution < 1.29 is 33.3 Å². The summed E-state index contributed by atoms with van der Waals surface area (Å²) in [4.78, 5) is 35.3. The Kier molecular flexibility index (Phi) is 7.41. The molecule has 0 bridgehead atoms. The summed E-state index contributed by atoms with van der Waals surface area (Å²) in [7, 11) is 1.33. The van der Waals surface area contributed by atoms with E-state index in [1.807, 2.05) is 20.8 Å². The second kappa shape index (κ2) is 9.35. The van der Waals surface area contributed by atoms with Gasteiger partial charge in [0, 0.05) is 18.9 Å². The Morgan fingerprint density at radius 3 is 2.52 bits per heavy atom. The maximum absolute atomic E-state index is 12.2. The third-order valence-electron chi connectivity index (χ3n) is 4.43. The number of hydrogen-bond acceptors (Lipinski definition) is 7. The Labute approximate surface area is 160 Å². The first-order chi connectivity index (χ1) is 12.6. The molecule has 0 aliphatic carbocycles. The summed E-state index contributed by atoms with van der Waals surface area (Å²) in [6, 6.07) is 0. The molecule has 0 spiro atoms. The zero-order valence-corrected chi connectivity index (χ0v) is 16.6. The first kappa shape index (κ1) is 21.4. The molecule has 2 aliphatic heterocycles. The number of hydrogen-bond donors (Lipinski definition) is 0. The fourth-order valence-electron chi connectivity index (χ4n) is 3.45. The highest BCUT2D eigenvalue weighted by Gasteiger charge is 2.32. The van der Waals surface area contributed by atoms with Gasteiger partial charge in [-0.25, -0.2) is 4.79 Å². The Balaban J connectivity index is 2.02. The first-order valence-corrected chi connectivity index (χ1v) is 9.49. The van der Waals surface area contributed by atoms with Gasteiger partial charge in [0.25, 0.3) is 0 Å². The molecule has 0 aromatic heterocycles. The van der Waals surface area contributed by atoms with Crippen LogP contribution in [0.3, 0.4) is 0 Å². The van der Waals surface area contributed by atoms with Crippen LogP contribution >= 0.6 is 0 Å². The second-order valence-corrected chi connectivity index (χ2v) is 8.14. The van der Waals surface area contributed by atoms with Gasteiger partial charge in [-0.2, -0.15) is 0 Å². The van der Waals surface area contributed by atoms with Crippen molar-refractivity contribution in [1.82, 2.24) is 0 Å². The molecule has 2 saturated heterocycles. The predicted molar refractivity (Wildman–Crippen MR) is 96.8 cm³/mol. The van der Waals surface area contributed by atoms with Crippen molar-refractivity contribution >= 4 is 17.9 Å². The van der Waals surface area contributed by atoms with E-state index in [2.05, 4.69) is 0 Å². The van der Waals surface area contributed by atoms with Crippen LogP contribution in [0.4, 0.5) is 0 Å². The fraction of sp³-hybridized carbons (Fsp3) is 0.750. The summed E-state index contributed by atoms with van der Waals surface area (Å²) in [5.41, 5.74) is 0.306. The van der Waals surface area contributed by atoms with Gasteiger partial charge in [-0.05, 0) is 46.5 Å². The molecule has 0 radical (unpaired) electrons. The number of rotatable bonds is 5. The van der Waals surface area contributed by atoms with Gasteiger partial charge in [-0.1, -0.05) is 5.57 Å². The summed E-state index contributed by atoms with van der Waals surface area (Å²) in [5, 5.41) is 0. The lowest BCUT2D eigenvalue weighted by Gasteiger charge is -2.34. The highest BCUT2D eigenvalue weighted by atomic mass is 16.6. The largest absolute Gasteiger partial charge is 0.466 e. The van der Waals surface area contributed by atoms with Crippen molar-refractivity contribution in [1.29, 1.82) is 0 Å². The van der Waals surface area contributed by atoms with E-state index >= 15 is 0 Å². The molecule has 7 nitrogen and oxygen atoms in total. The van der Waals surface area contributed by atoms with E-state index in [0.29, 0.717) is 25.7 Å². The number of carbonyl (C=O) groups excluding carboxylic acids is 3. The molecule has 2 aliphatic rings. The smallest absolute Gasteiger partial charge is 0.330 e. The van der Waals surface area contributed by atoms with Crippen LogP contribution in [0, 0.1) is 0 Å². The van der Waals surface area contributed by atoms with Crippen LogP contribution < -0.4 is 0 Å². The van der Waals surface area contributed by atoms with Crippen LogP contribution in [-0.2, 0) is 33.3 Å². The SMILES string of the molecule is COC(=O)/C=C1\C[C@H](CC(=O)OC(C)(C)C)O[C@H](C[C@H]2CCCC(=O)O2)C1. The fourth-order valence-corrected chi connectivity index (χ4v) is 3.45. The average Bonchev–Trinajstić information content (AvgIpc) is 2.52. The van der Waals surface area contributed by atoms with Crippen LogP contribution in [-0.4, -0.2) is 48.9 Å².